The molecule has 0 heteroatoms. The Kier molecular flexibility index (Phi) is 5.16. The third kappa shape index (κ3) is 3.33. The van der Waals surface area contributed by atoms with E-state index >= 15 is 0 Å². The molecule has 0 unspecified atom stereocenters. The van der Waals surface area contributed by atoms with Crippen LogP contribution in [0.4, 0.5) is 0 Å². The van der Waals surface area contributed by atoms with Gasteiger partial charge in [0.15, 0.2) is 0 Å². The van der Waals surface area contributed by atoms with E-state index in [9.17, 15) is 0 Å². The van der Waals surface area contributed by atoms with E-state index < -0.39 is 0 Å². The maximum absolute atomic E-state index is 3.71. The van der Waals surface area contributed by atoms with E-state index in [1.54, 1.807) is 6.08 Å². The zero-order valence-electron chi connectivity index (χ0n) is 13.3. The molecule has 0 bridgehead atoms. The Balaban J connectivity index is 2.44. The summed E-state index contributed by atoms with van der Waals surface area (Å²) in [6.45, 7) is 10.3. The van der Waals surface area contributed by atoms with Gasteiger partial charge in [-0.3, -0.25) is 0 Å². The van der Waals surface area contributed by atoms with E-state index in [0.29, 0.717) is 0 Å². The Morgan fingerprint density at radius 1 is 1.29 bits per heavy atom. The number of benzene rings is 1. The lowest BCUT2D eigenvalue weighted by Crippen LogP contribution is -1.95. The largest absolute Gasteiger partial charge is 0.0991 e. The van der Waals surface area contributed by atoms with Crippen LogP contribution in [-0.2, 0) is 6.42 Å². The maximum atomic E-state index is 3.71. The molecule has 0 atom stereocenters. The fourth-order valence-electron chi connectivity index (χ4n) is 2.88. The van der Waals surface area contributed by atoms with Crippen molar-refractivity contribution in [1.82, 2.24) is 0 Å². The van der Waals surface area contributed by atoms with Gasteiger partial charge in [0.05, 0.1) is 0 Å². The summed E-state index contributed by atoms with van der Waals surface area (Å²) in [6, 6.07) is 4.50. The molecule has 0 aliphatic heterocycles. The number of fused-ring (bicyclic) bond motifs is 1. The van der Waals surface area contributed by atoms with E-state index in [1.807, 2.05) is 6.08 Å². The van der Waals surface area contributed by atoms with Gasteiger partial charge in [-0.05, 0) is 60.1 Å². The highest BCUT2D eigenvalue weighted by Gasteiger charge is 2.17. The number of rotatable bonds is 5. The van der Waals surface area contributed by atoms with Gasteiger partial charge in [-0.2, -0.15) is 0 Å². The van der Waals surface area contributed by atoms with Crippen molar-refractivity contribution in [3.8, 4) is 0 Å². The fraction of sp³-hybridized carbons (Fsp3) is 0.238. The van der Waals surface area contributed by atoms with Crippen molar-refractivity contribution in [2.75, 3.05) is 0 Å². The Hall–Kier alpha value is -2.08. The van der Waals surface area contributed by atoms with Gasteiger partial charge in [0.1, 0.15) is 0 Å². The summed E-state index contributed by atoms with van der Waals surface area (Å²) < 4.78 is 0. The normalized spacial score (nSPS) is 14.8. The van der Waals surface area contributed by atoms with Crippen LogP contribution in [0.2, 0.25) is 0 Å². The topological polar surface area (TPSA) is 0 Å². The molecule has 0 nitrogen and oxygen atoms in total. The van der Waals surface area contributed by atoms with Gasteiger partial charge in [-0.15, -0.1) is 0 Å². The summed E-state index contributed by atoms with van der Waals surface area (Å²) in [6.07, 6.45) is 16.9. The molecule has 0 heterocycles. The molecule has 0 N–H and O–H groups in total. The number of hydrogen-bond acceptors (Lipinski definition) is 0. The van der Waals surface area contributed by atoms with Crippen molar-refractivity contribution in [3.63, 3.8) is 0 Å². The van der Waals surface area contributed by atoms with Crippen LogP contribution in [0.1, 0.15) is 42.5 Å². The molecule has 0 fully saturated rings. The van der Waals surface area contributed by atoms with Crippen molar-refractivity contribution in [2.45, 2.75) is 33.6 Å². The first-order chi connectivity index (χ1) is 10.2. The van der Waals surface area contributed by atoms with E-state index in [0.717, 1.165) is 12.8 Å². The molecule has 1 aromatic rings. The lowest BCUT2D eigenvalue weighted by atomic mass is 9.91. The van der Waals surface area contributed by atoms with Gasteiger partial charge in [0.2, 0.25) is 0 Å². The fourth-order valence-corrected chi connectivity index (χ4v) is 2.88. The Morgan fingerprint density at radius 2 is 2.10 bits per heavy atom. The molecule has 108 valence electrons. The average Bonchev–Trinajstić information content (AvgIpc) is 2.88. The van der Waals surface area contributed by atoms with Crippen LogP contribution in [0.5, 0.6) is 0 Å². The second kappa shape index (κ2) is 7.08. The number of hydrogen-bond donors (Lipinski definition) is 0. The predicted molar refractivity (Wildman–Crippen MR) is 95.3 cm³/mol. The summed E-state index contributed by atoms with van der Waals surface area (Å²) in [5, 5.41) is 0. The molecule has 21 heavy (non-hydrogen) atoms. The second-order valence-corrected chi connectivity index (χ2v) is 5.43. The van der Waals surface area contributed by atoms with Crippen LogP contribution in [0, 0.1) is 6.92 Å². The van der Waals surface area contributed by atoms with Crippen LogP contribution in [0.15, 0.2) is 61.2 Å². The SMILES string of the molecule is C=C/C=C\C=C(/C)c1c(C)ccc2c1CC=C2/C=C\CC. The molecular formula is C21H24. The van der Waals surface area contributed by atoms with Crippen molar-refractivity contribution >= 4 is 11.1 Å². The molecule has 0 amide bonds. The first-order valence-electron chi connectivity index (χ1n) is 7.65. The monoisotopic (exact) mass is 276 g/mol. The van der Waals surface area contributed by atoms with Gasteiger partial charge in [0, 0.05) is 0 Å². The zero-order chi connectivity index (χ0) is 15.2. The lowest BCUT2D eigenvalue weighted by molar-refractivity contribution is 1.22. The summed E-state index contributed by atoms with van der Waals surface area (Å²) >= 11 is 0. The molecule has 0 saturated carbocycles. The van der Waals surface area contributed by atoms with Gasteiger partial charge in [-0.25, -0.2) is 0 Å². The van der Waals surface area contributed by atoms with E-state index in [-0.39, 0.29) is 0 Å². The molecular weight excluding hydrogens is 252 g/mol. The molecule has 1 aliphatic carbocycles. The third-order valence-corrected chi connectivity index (χ3v) is 3.88. The molecule has 1 aliphatic rings. The van der Waals surface area contributed by atoms with Crippen molar-refractivity contribution in [3.05, 3.63) is 83.5 Å². The third-order valence-electron chi connectivity index (χ3n) is 3.88. The average molecular weight is 276 g/mol. The van der Waals surface area contributed by atoms with Crippen molar-refractivity contribution in [2.24, 2.45) is 0 Å². The van der Waals surface area contributed by atoms with Gasteiger partial charge in [0.25, 0.3) is 0 Å². The van der Waals surface area contributed by atoms with Gasteiger partial charge >= 0.3 is 0 Å². The van der Waals surface area contributed by atoms with Crippen LogP contribution in [-0.4, -0.2) is 0 Å². The van der Waals surface area contributed by atoms with E-state index in [4.69, 9.17) is 0 Å². The summed E-state index contributed by atoms with van der Waals surface area (Å²) in [5.41, 5.74) is 8.28. The predicted octanol–water partition coefficient (Wildman–Crippen LogP) is 6.05. The minimum atomic E-state index is 1.03. The Labute approximate surface area is 128 Å². The quantitative estimate of drug-likeness (QED) is 0.574. The molecule has 0 spiro atoms. The zero-order valence-corrected chi connectivity index (χ0v) is 13.3. The van der Waals surface area contributed by atoms with Crippen LogP contribution >= 0.6 is 0 Å². The highest BCUT2D eigenvalue weighted by Crippen LogP contribution is 2.35. The Morgan fingerprint density at radius 3 is 2.81 bits per heavy atom. The summed E-state index contributed by atoms with van der Waals surface area (Å²) in [7, 11) is 0. The molecule has 2 rings (SSSR count). The molecule has 0 aromatic heterocycles. The highest BCUT2D eigenvalue weighted by atomic mass is 14.2. The first-order valence-corrected chi connectivity index (χ1v) is 7.65. The van der Waals surface area contributed by atoms with Crippen LogP contribution in [0.3, 0.4) is 0 Å². The minimum absolute atomic E-state index is 1.03. The van der Waals surface area contributed by atoms with Crippen LogP contribution < -0.4 is 0 Å². The van der Waals surface area contributed by atoms with Crippen LogP contribution in [0.25, 0.3) is 11.1 Å². The smallest absolute Gasteiger partial charge is 0.00759 e. The summed E-state index contributed by atoms with van der Waals surface area (Å²) in [4.78, 5) is 0. The minimum Gasteiger partial charge on any atom is -0.0991 e. The Bertz CT molecular complexity index is 649. The van der Waals surface area contributed by atoms with E-state index in [2.05, 4.69) is 69.9 Å². The number of aryl methyl sites for hydroxylation is 1. The summed E-state index contributed by atoms with van der Waals surface area (Å²) in [5.74, 6) is 0. The lowest BCUT2D eigenvalue weighted by Gasteiger charge is -2.13. The standard InChI is InChI=1S/C21H24/c1-5-7-9-10-16(3)21-17(4)12-14-19-18(11-8-6-2)13-15-20(19)21/h5,7-14H,1,6,15H2,2-4H3/b9-7-,11-8-,16-10+. The van der Waals surface area contributed by atoms with Crippen molar-refractivity contribution < 1.29 is 0 Å². The van der Waals surface area contributed by atoms with E-state index in [1.165, 1.54) is 33.4 Å². The van der Waals surface area contributed by atoms with Crippen molar-refractivity contribution in [1.29, 1.82) is 0 Å². The molecule has 0 radical (unpaired) electrons. The first kappa shape index (κ1) is 15.3. The highest BCUT2D eigenvalue weighted by molar-refractivity contribution is 5.85. The second-order valence-electron chi connectivity index (χ2n) is 5.43. The van der Waals surface area contributed by atoms with Gasteiger partial charge in [-0.1, -0.05) is 68.2 Å². The van der Waals surface area contributed by atoms with Gasteiger partial charge < -0.3 is 0 Å². The maximum Gasteiger partial charge on any atom is -0.00759 e. The number of allylic oxidation sites excluding steroid dienone is 9. The molecule has 1 aromatic carbocycles. The molecule has 0 saturated heterocycles.